The number of nitro benzene ring substituents is 1. The second-order valence-electron chi connectivity index (χ2n) is 5.81. The molecule has 4 aromatic rings. The van der Waals surface area contributed by atoms with Crippen molar-refractivity contribution in [3.05, 3.63) is 81.6 Å². The number of aromatic nitrogens is 2. The number of nitrogens with one attached hydrogen (secondary N) is 1. The minimum Gasteiger partial charge on any atom is -0.436 e. The summed E-state index contributed by atoms with van der Waals surface area (Å²) in [7, 11) is 0. The molecular formula is C19H11ClN4O4. The van der Waals surface area contributed by atoms with Gasteiger partial charge < -0.3 is 9.73 Å². The van der Waals surface area contributed by atoms with Crippen molar-refractivity contribution in [3.63, 3.8) is 0 Å². The van der Waals surface area contributed by atoms with Crippen molar-refractivity contribution >= 4 is 40.0 Å². The number of hydrogen-bond donors (Lipinski definition) is 1. The summed E-state index contributed by atoms with van der Waals surface area (Å²) in [6, 6.07) is 12.4. The van der Waals surface area contributed by atoms with Crippen LogP contribution in [-0.4, -0.2) is 20.8 Å². The molecule has 0 fully saturated rings. The summed E-state index contributed by atoms with van der Waals surface area (Å²) in [4.78, 5) is 31.2. The zero-order valence-corrected chi connectivity index (χ0v) is 14.9. The van der Waals surface area contributed by atoms with E-state index in [2.05, 4.69) is 15.3 Å². The van der Waals surface area contributed by atoms with Crippen molar-refractivity contribution in [2.45, 2.75) is 0 Å². The summed E-state index contributed by atoms with van der Waals surface area (Å²) in [5.41, 5.74) is 2.17. The topological polar surface area (TPSA) is 111 Å². The molecule has 0 radical (unpaired) electrons. The summed E-state index contributed by atoms with van der Waals surface area (Å²) < 4.78 is 5.71. The Kier molecular flexibility index (Phi) is 4.46. The molecule has 8 nitrogen and oxygen atoms in total. The Morgan fingerprint density at radius 3 is 2.64 bits per heavy atom. The van der Waals surface area contributed by atoms with Crippen molar-refractivity contribution in [2.24, 2.45) is 0 Å². The number of pyridine rings is 1. The highest BCUT2D eigenvalue weighted by Gasteiger charge is 2.17. The van der Waals surface area contributed by atoms with Crippen LogP contribution >= 0.6 is 11.6 Å². The van der Waals surface area contributed by atoms with Crippen LogP contribution in [0, 0.1) is 10.1 Å². The molecule has 0 bridgehead atoms. The van der Waals surface area contributed by atoms with Crippen molar-refractivity contribution in [1.82, 2.24) is 9.97 Å². The van der Waals surface area contributed by atoms with Crippen molar-refractivity contribution < 1.29 is 14.1 Å². The first-order valence-corrected chi connectivity index (χ1v) is 8.45. The number of benzene rings is 2. The molecule has 0 aliphatic carbocycles. The van der Waals surface area contributed by atoms with Gasteiger partial charge in [-0.25, -0.2) is 4.98 Å². The number of hydrogen-bond acceptors (Lipinski definition) is 6. The van der Waals surface area contributed by atoms with E-state index >= 15 is 0 Å². The second-order valence-corrected chi connectivity index (χ2v) is 6.22. The Bertz CT molecular complexity index is 1210. The molecule has 9 heteroatoms. The normalized spacial score (nSPS) is 10.8. The highest BCUT2D eigenvalue weighted by Crippen LogP contribution is 2.27. The molecular weight excluding hydrogens is 384 g/mol. The van der Waals surface area contributed by atoms with Crippen LogP contribution in [0.15, 0.2) is 65.3 Å². The molecule has 0 saturated heterocycles. The standard InChI is InChI=1S/C19H11ClN4O4/c20-14-3-1-12(9-16(14)24(26)27)18(25)22-13-2-4-17-15(10-13)23-19(28-17)11-5-7-21-8-6-11/h1-10H,(H,22,25). The Balaban J connectivity index is 1.60. The summed E-state index contributed by atoms with van der Waals surface area (Å²) in [6.45, 7) is 0. The first-order chi connectivity index (χ1) is 13.5. The average Bonchev–Trinajstić information content (AvgIpc) is 3.12. The van der Waals surface area contributed by atoms with Gasteiger partial charge >= 0.3 is 0 Å². The predicted molar refractivity (Wildman–Crippen MR) is 103 cm³/mol. The highest BCUT2D eigenvalue weighted by molar-refractivity contribution is 6.32. The SMILES string of the molecule is O=C(Nc1ccc2oc(-c3ccncc3)nc2c1)c1ccc(Cl)c([N+](=O)[O-])c1. The monoisotopic (exact) mass is 394 g/mol. The minimum atomic E-state index is -0.638. The van der Waals surface area contributed by atoms with Crippen LogP contribution in [-0.2, 0) is 0 Å². The number of rotatable bonds is 4. The zero-order valence-electron chi connectivity index (χ0n) is 14.1. The number of fused-ring (bicyclic) bond motifs is 1. The summed E-state index contributed by atoms with van der Waals surface area (Å²) in [5, 5.41) is 13.6. The van der Waals surface area contributed by atoms with Gasteiger partial charge in [-0.1, -0.05) is 11.6 Å². The molecule has 1 N–H and O–H groups in total. The van der Waals surface area contributed by atoms with Crippen LogP contribution in [0.25, 0.3) is 22.6 Å². The number of nitro groups is 1. The molecule has 2 aromatic heterocycles. The van der Waals surface area contributed by atoms with E-state index in [9.17, 15) is 14.9 Å². The average molecular weight is 395 g/mol. The fourth-order valence-corrected chi connectivity index (χ4v) is 2.81. The van der Waals surface area contributed by atoms with E-state index in [-0.39, 0.29) is 16.3 Å². The number of halogens is 1. The molecule has 138 valence electrons. The number of carbonyl (C=O) groups is 1. The highest BCUT2D eigenvalue weighted by atomic mass is 35.5. The molecule has 0 unspecified atom stereocenters. The lowest BCUT2D eigenvalue weighted by Gasteiger charge is -2.05. The van der Waals surface area contributed by atoms with Crippen LogP contribution in [0.4, 0.5) is 11.4 Å². The first kappa shape index (κ1) is 17.6. The maximum atomic E-state index is 12.4. The lowest BCUT2D eigenvalue weighted by molar-refractivity contribution is -0.384. The van der Waals surface area contributed by atoms with Gasteiger partial charge in [-0.05, 0) is 42.5 Å². The molecule has 0 aliphatic heterocycles. The van der Waals surface area contributed by atoms with E-state index in [1.807, 2.05) is 0 Å². The smallest absolute Gasteiger partial charge is 0.288 e. The van der Waals surface area contributed by atoms with E-state index in [1.54, 1.807) is 42.7 Å². The first-order valence-electron chi connectivity index (χ1n) is 8.07. The van der Waals surface area contributed by atoms with Gasteiger partial charge in [0.25, 0.3) is 11.6 Å². The van der Waals surface area contributed by atoms with Gasteiger partial charge in [-0.2, -0.15) is 0 Å². The summed E-state index contributed by atoms with van der Waals surface area (Å²) >= 11 is 5.78. The van der Waals surface area contributed by atoms with E-state index in [0.717, 1.165) is 11.6 Å². The van der Waals surface area contributed by atoms with Gasteiger partial charge in [0.05, 0.1) is 4.92 Å². The number of carbonyl (C=O) groups excluding carboxylic acids is 1. The molecule has 0 saturated carbocycles. The third-order valence-electron chi connectivity index (χ3n) is 3.98. The third-order valence-corrected chi connectivity index (χ3v) is 4.30. The lowest BCUT2D eigenvalue weighted by atomic mass is 10.2. The predicted octanol–water partition coefficient (Wildman–Crippen LogP) is 4.70. The van der Waals surface area contributed by atoms with Crippen molar-refractivity contribution in [2.75, 3.05) is 5.32 Å². The largest absolute Gasteiger partial charge is 0.436 e. The van der Waals surface area contributed by atoms with Gasteiger partial charge in [0.2, 0.25) is 5.89 Å². The van der Waals surface area contributed by atoms with Crippen LogP contribution in [0.3, 0.4) is 0 Å². The zero-order chi connectivity index (χ0) is 19.7. The molecule has 0 aliphatic rings. The lowest BCUT2D eigenvalue weighted by Crippen LogP contribution is -2.12. The van der Waals surface area contributed by atoms with Gasteiger partial charge in [-0.3, -0.25) is 19.9 Å². The molecule has 1 amide bonds. The fraction of sp³-hybridized carbons (Fsp3) is 0. The molecule has 2 heterocycles. The van der Waals surface area contributed by atoms with Gasteiger partial charge in [0.15, 0.2) is 5.58 Å². The van der Waals surface area contributed by atoms with Crippen LogP contribution in [0.2, 0.25) is 5.02 Å². The Hall–Kier alpha value is -3.78. The van der Waals surface area contributed by atoms with E-state index in [4.69, 9.17) is 16.0 Å². The fourth-order valence-electron chi connectivity index (χ4n) is 2.62. The Labute approximate surface area is 162 Å². The number of oxazole rings is 1. The van der Waals surface area contributed by atoms with E-state index < -0.39 is 10.8 Å². The van der Waals surface area contributed by atoms with Crippen LogP contribution in [0.5, 0.6) is 0 Å². The number of nitrogens with zero attached hydrogens (tertiary/aromatic N) is 3. The summed E-state index contributed by atoms with van der Waals surface area (Å²) in [6.07, 6.45) is 3.28. The number of amides is 1. The van der Waals surface area contributed by atoms with Gasteiger partial charge in [0.1, 0.15) is 10.5 Å². The third kappa shape index (κ3) is 3.40. The van der Waals surface area contributed by atoms with Crippen molar-refractivity contribution in [3.8, 4) is 11.5 Å². The summed E-state index contributed by atoms with van der Waals surface area (Å²) in [5.74, 6) is -0.0637. The minimum absolute atomic E-state index is 0.0331. The molecule has 28 heavy (non-hydrogen) atoms. The molecule has 2 aromatic carbocycles. The van der Waals surface area contributed by atoms with Crippen molar-refractivity contribution in [1.29, 1.82) is 0 Å². The van der Waals surface area contributed by atoms with Gasteiger partial charge in [0, 0.05) is 35.3 Å². The number of anilines is 1. The maximum absolute atomic E-state index is 12.4. The van der Waals surface area contributed by atoms with Crippen LogP contribution < -0.4 is 5.32 Å². The molecule has 0 atom stereocenters. The van der Waals surface area contributed by atoms with Gasteiger partial charge in [-0.15, -0.1) is 0 Å². The van der Waals surface area contributed by atoms with Crippen LogP contribution in [0.1, 0.15) is 10.4 Å². The Morgan fingerprint density at radius 1 is 1.11 bits per heavy atom. The van der Waals surface area contributed by atoms with E-state index in [1.165, 1.54) is 12.1 Å². The quantitative estimate of drug-likeness (QED) is 0.396. The maximum Gasteiger partial charge on any atom is 0.288 e. The molecule has 0 spiro atoms. The van der Waals surface area contributed by atoms with E-state index in [0.29, 0.717) is 22.7 Å². The Morgan fingerprint density at radius 2 is 1.89 bits per heavy atom. The molecule has 4 rings (SSSR count). The second kappa shape index (κ2) is 7.09.